The van der Waals surface area contributed by atoms with E-state index in [1.165, 1.54) is 25.3 Å². The van der Waals surface area contributed by atoms with Crippen molar-refractivity contribution in [2.45, 2.75) is 6.61 Å². The zero-order valence-electron chi connectivity index (χ0n) is 7.33. The van der Waals surface area contributed by atoms with E-state index in [9.17, 15) is 8.78 Å². The molecule has 0 radical (unpaired) electrons. The van der Waals surface area contributed by atoms with E-state index in [0.717, 1.165) is 0 Å². The molecule has 1 aromatic rings. The fraction of sp³-hybridized carbons (Fsp3) is 0.222. The smallest absolute Gasteiger partial charge is 0.387 e. The van der Waals surface area contributed by atoms with E-state index in [1.54, 1.807) is 0 Å². The van der Waals surface area contributed by atoms with Crippen LogP contribution < -0.4 is 9.47 Å². The molecular weight excluding hydrogens is 192 g/mol. The SMILES string of the molecule is COc1ccc(C#N)cc1OC(F)F. The minimum atomic E-state index is -2.93. The summed E-state index contributed by atoms with van der Waals surface area (Å²) in [5, 5.41) is 8.53. The molecule has 0 saturated heterocycles. The van der Waals surface area contributed by atoms with Crippen molar-refractivity contribution in [2.75, 3.05) is 7.11 Å². The number of rotatable bonds is 3. The molecule has 3 nitrogen and oxygen atoms in total. The van der Waals surface area contributed by atoms with Crippen LogP contribution >= 0.6 is 0 Å². The molecule has 0 atom stereocenters. The van der Waals surface area contributed by atoms with Crippen LogP contribution in [0, 0.1) is 11.3 Å². The summed E-state index contributed by atoms with van der Waals surface area (Å²) in [6.45, 7) is -2.93. The maximum atomic E-state index is 11.9. The molecule has 0 aliphatic heterocycles. The van der Waals surface area contributed by atoms with Crippen LogP contribution in [0.4, 0.5) is 8.78 Å². The first-order valence-electron chi connectivity index (χ1n) is 3.70. The number of halogens is 2. The van der Waals surface area contributed by atoms with Gasteiger partial charge in [-0.3, -0.25) is 0 Å². The third-order valence-electron chi connectivity index (χ3n) is 1.51. The Labute approximate surface area is 79.5 Å². The van der Waals surface area contributed by atoms with Crippen molar-refractivity contribution in [2.24, 2.45) is 0 Å². The first-order chi connectivity index (χ1) is 6.67. The molecule has 14 heavy (non-hydrogen) atoms. The molecule has 0 N–H and O–H groups in total. The normalized spacial score (nSPS) is 9.64. The lowest BCUT2D eigenvalue weighted by molar-refractivity contribution is -0.0512. The van der Waals surface area contributed by atoms with Gasteiger partial charge in [-0.25, -0.2) is 0 Å². The first kappa shape index (κ1) is 10.3. The number of nitriles is 1. The lowest BCUT2D eigenvalue weighted by Crippen LogP contribution is -2.03. The van der Waals surface area contributed by atoms with Gasteiger partial charge in [-0.05, 0) is 12.1 Å². The fourth-order valence-electron chi connectivity index (χ4n) is 0.934. The van der Waals surface area contributed by atoms with Crippen molar-refractivity contribution < 1.29 is 18.3 Å². The average molecular weight is 199 g/mol. The topological polar surface area (TPSA) is 42.2 Å². The summed E-state index contributed by atoms with van der Waals surface area (Å²) in [6.07, 6.45) is 0. The van der Waals surface area contributed by atoms with Crippen molar-refractivity contribution >= 4 is 0 Å². The zero-order chi connectivity index (χ0) is 10.6. The van der Waals surface area contributed by atoms with Gasteiger partial charge in [-0.15, -0.1) is 0 Å². The van der Waals surface area contributed by atoms with E-state index in [4.69, 9.17) is 10.00 Å². The Morgan fingerprint density at radius 2 is 2.07 bits per heavy atom. The predicted octanol–water partition coefficient (Wildman–Crippen LogP) is 2.17. The Morgan fingerprint density at radius 3 is 2.57 bits per heavy atom. The molecule has 0 spiro atoms. The third kappa shape index (κ3) is 2.33. The van der Waals surface area contributed by atoms with Gasteiger partial charge in [0.15, 0.2) is 11.5 Å². The average Bonchev–Trinajstić information content (AvgIpc) is 2.16. The number of methoxy groups -OCH3 is 1. The van der Waals surface area contributed by atoms with Crippen molar-refractivity contribution in [3.8, 4) is 17.6 Å². The predicted molar refractivity (Wildman–Crippen MR) is 44.3 cm³/mol. The van der Waals surface area contributed by atoms with Crippen molar-refractivity contribution in [1.29, 1.82) is 5.26 Å². The van der Waals surface area contributed by atoms with Crippen molar-refractivity contribution in [3.63, 3.8) is 0 Å². The second-order valence-corrected chi connectivity index (χ2v) is 2.36. The molecule has 0 aliphatic rings. The number of hydrogen-bond acceptors (Lipinski definition) is 3. The van der Waals surface area contributed by atoms with Crippen LogP contribution in [0.1, 0.15) is 5.56 Å². The number of ether oxygens (including phenoxy) is 2. The first-order valence-corrected chi connectivity index (χ1v) is 3.70. The molecule has 1 aromatic carbocycles. The Morgan fingerprint density at radius 1 is 1.36 bits per heavy atom. The van der Waals surface area contributed by atoms with Crippen LogP contribution in [-0.2, 0) is 0 Å². The molecule has 0 aliphatic carbocycles. The summed E-state index contributed by atoms with van der Waals surface area (Å²) in [6, 6.07) is 5.87. The number of benzene rings is 1. The quantitative estimate of drug-likeness (QED) is 0.749. The van der Waals surface area contributed by atoms with Gasteiger partial charge in [-0.2, -0.15) is 14.0 Å². The second kappa shape index (κ2) is 4.42. The van der Waals surface area contributed by atoms with E-state index in [2.05, 4.69) is 4.74 Å². The number of nitrogens with zero attached hydrogens (tertiary/aromatic N) is 1. The highest BCUT2D eigenvalue weighted by atomic mass is 19.3. The van der Waals surface area contributed by atoms with E-state index in [0.29, 0.717) is 0 Å². The molecule has 0 heterocycles. The van der Waals surface area contributed by atoms with E-state index < -0.39 is 6.61 Å². The maximum Gasteiger partial charge on any atom is 0.387 e. The van der Waals surface area contributed by atoms with Gasteiger partial charge in [0.05, 0.1) is 18.7 Å². The molecule has 0 saturated carbocycles. The van der Waals surface area contributed by atoms with Gasteiger partial charge in [0.25, 0.3) is 0 Å². The standard InChI is InChI=1S/C9H7F2NO2/c1-13-7-3-2-6(5-12)4-8(7)14-9(10)11/h2-4,9H,1H3. The zero-order valence-corrected chi connectivity index (χ0v) is 7.33. The summed E-state index contributed by atoms with van der Waals surface area (Å²) in [5.74, 6) is 0.0332. The summed E-state index contributed by atoms with van der Waals surface area (Å²) < 4.78 is 32.8. The minimum absolute atomic E-state index is 0.137. The van der Waals surface area contributed by atoms with Crippen molar-refractivity contribution in [1.82, 2.24) is 0 Å². The monoisotopic (exact) mass is 199 g/mol. The van der Waals surface area contributed by atoms with Crippen molar-refractivity contribution in [3.05, 3.63) is 23.8 Å². The Bertz CT molecular complexity index is 360. The van der Waals surface area contributed by atoms with Crippen LogP contribution in [0.25, 0.3) is 0 Å². The second-order valence-electron chi connectivity index (χ2n) is 2.36. The molecule has 5 heteroatoms. The van der Waals surface area contributed by atoms with Crippen LogP contribution in [0.15, 0.2) is 18.2 Å². The lowest BCUT2D eigenvalue weighted by Gasteiger charge is -2.09. The summed E-state index contributed by atoms with van der Waals surface area (Å²) >= 11 is 0. The Kier molecular flexibility index (Phi) is 3.24. The lowest BCUT2D eigenvalue weighted by atomic mass is 10.2. The van der Waals surface area contributed by atoms with Gasteiger partial charge in [0.1, 0.15) is 0 Å². The molecule has 0 aromatic heterocycles. The van der Waals surface area contributed by atoms with Gasteiger partial charge in [-0.1, -0.05) is 0 Å². The van der Waals surface area contributed by atoms with Gasteiger partial charge in [0, 0.05) is 6.07 Å². The van der Waals surface area contributed by atoms with E-state index in [1.807, 2.05) is 6.07 Å². The highest BCUT2D eigenvalue weighted by Gasteiger charge is 2.10. The van der Waals surface area contributed by atoms with E-state index in [-0.39, 0.29) is 17.1 Å². The molecule has 74 valence electrons. The molecule has 1 rings (SSSR count). The minimum Gasteiger partial charge on any atom is -0.493 e. The van der Waals surface area contributed by atoms with Crippen LogP contribution in [0.2, 0.25) is 0 Å². The molecule has 0 unspecified atom stereocenters. The number of hydrogen-bond donors (Lipinski definition) is 0. The summed E-state index contributed by atoms with van der Waals surface area (Å²) in [4.78, 5) is 0. The molecule has 0 bridgehead atoms. The summed E-state index contributed by atoms with van der Waals surface area (Å²) in [5.41, 5.74) is 0.237. The largest absolute Gasteiger partial charge is 0.493 e. The van der Waals surface area contributed by atoms with Gasteiger partial charge >= 0.3 is 6.61 Å². The third-order valence-corrected chi connectivity index (χ3v) is 1.51. The van der Waals surface area contributed by atoms with Crippen LogP contribution in [0.3, 0.4) is 0 Å². The maximum absolute atomic E-state index is 11.9. The van der Waals surface area contributed by atoms with Gasteiger partial charge in [0.2, 0.25) is 0 Å². The van der Waals surface area contributed by atoms with E-state index >= 15 is 0 Å². The molecule has 0 fully saturated rings. The fourth-order valence-corrected chi connectivity index (χ4v) is 0.934. The highest BCUT2D eigenvalue weighted by Crippen LogP contribution is 2.28. The van der Waals surface area contributed by atoms with Crippen LogP contribution in [0.5, 0.6) is 11.5 Å². The Balaban J connectivity index is 3.03. The molecular formula is C9H7F2NO2. The molecule has 0 amide bonds. The van der Waals surface area contributed by atoms with Crippen LogP contribution in [-0.4, -0.2) is 13.7 Å². The van der Waals surface area contributed by atoms with Gasteiger partial charge < -0.3 is 9.47 Å². The Hall–Kier alpha value is -1.83. The highest BCUT2D eigenvalue weighted by molar-refractivity contribution is 5.46. The number of alkyl halides is 2. The summed E-state index contributed by atoms with van der Waals surface area (Å²) in [7, 11) is 1.33.